The summed E-state index contributed by atoms with van der Waals surface area (Å²) in [5.74, 6) is 0.747. The second kappa shape index (κ2) is 7.07. The first-order chi connectivity index (χ1) is 10.6. The molecule has 0 aliphatic rings. The number of ether oxygens (including phenoxy) is 1. The first-order valence-electron chi connectivity index (χ1n) is 7.53. The van der Waals surface area contributed by atoms with Crippen molar-refractivity contribution in [3.8, 4) is 17.0 Å². The third kappa shape index (κ3) is 3.11. The summed E-state index contributed by atoms with van der Waals surface area (Å²) in [6.45, 7) is 6.52. The Morgan fingerprint density at radius 2 is 1.91 bits per heavy atom. The lowest BCUT2D eigenvalue weighted by Gasteiger charge is -2.19. The SMILES string of the molecule is CCCOc1ccccc1-c1ccc(C=O)c(=O)n1C(C)C. The van der Waals surface area contributed by atoms with Gasteiger partial charge in [-0.05, 0) is 44.5 Å². The van der Waals surface area contributed by atoms with Gasteiger partial charge in [0.15, 0.2) is 6.29 Å². The van der Waals surface area contributed by atoms with E-state index in [1.54, 1.807) is 16.7 Å². The molecule has 0 aliphatic heterocycles. The number of aromatic nitrogens is 1. The topological polar surface area (TPSA) is 48.3 Å². The summed E-state index contributed by atoms with van der Waals surface area (Å²) < 4.78 is 7.42. The van der Waals surface area contributed by atoms with E-state index in [4.69, 9.17) is 4.74 Å². The Kier molecular flexibility index (Phi) is 5.15. The Labute approximate surface area is 130 Å². The molecule has 4 heteroatoms. The molecule has 0 N–H and O–H groups in total. The number of hydrogen-bond donors (Lipinski definition) is 0. The van der Waals surface area contributed by atoms with Gasteiger partial charge in [-0.1, -0.05) is 19.1 Å². The molecular weight excluding hydrogens is 278 g/mol. The molecule has 0 fully saturated rings. The van der Waals surface area contributed by atoms with Crippen LogP contribution in [0.5, 0.6) is 5.75 Å². The van der Waals surface area contributed by atoms with Crippen LogP contribution in [0.3, 0.4) is 0 Å². The van der Waals surface area contributed by atoms with Crippen LogP contribution in [-0.4, -0.2) is 17.5 Å². The predicted octanol–water partition coefficient (Wildman–Crippen LogP) is 3.70. The van der Waals surface area contributed by atoms with E-state index in [0.717, 1.165) is 23.4 Å². The van der Waals surface area contributed by atoms with Gasteiger partial charge >= 0.3 is 0 Å². The van der Waals surface area contributed by atoms with Gasteiger partial charge in [0.25, 0.3) is 5.56 Å². The monoisotopic (exact) mass is 299 g/mol. The average molecular weight is 299 g/mol. The fourth-order valence-electron chi connectivity index (χ4n) is 2.41. The summed E-state index contributed by atoms with van der Waals surface area (Å²) in [6.07, 6.45) is 1.51. The lowest BCUT2D eigenvalue weighted by atomic mass is 10.1. The lowest BCUT2D eigenvalue weighted by molar-refractivity contribution is 0.112. The van der Waals surface area contributed by atoms with Gasteiger partial charge in [0.1, 0.15) is 5.75 Å². The maximum absolute atomic E-state index is 12.5. The van der Waals surface area contributed by atoms with E-state index in [2.05, 4.69) is 0 Å². The Morgan fingerprint density at radius 3 is 2.55 bits per heavy atom. The molecule has 22 heavy (non-hydrogen) atoms. The normalized spacial score (nSPS) is 10.7. The highest BCUT2D eigenvalue weighted by Gasteiger charge is 2.15. The molecule has 1 heterocycles. The van der Waals surface area contributed by atoms with Gasteiger partial charge in [0.05, 0.1) is 17.9 Å². The Bertz CT molecular complexity index is 717. The molecule has 0 atom stereocenters. The zero-order valence-corrected chi connectivity index (χ0v) is 13.2. The number of carbonyl (C=O) groups is 1. The summed E-state index contributed by atoms with van der Waals surface area (Å²) in [6, 6.07) is 11.0. The van der Waals surface area contributed by atoms with Gasteiger partial charge in [-0.3, -0.25) is 9.59 Å². The van der Waals surface area contributed by atoms with Crippen molar-refractivity contribution in [1.82, 2.24) is 4.57 Å². The minimum Gasteiger partial charge on any atom is -0.493 e. The molecule has 2 rings (SSSR count). The van der Waals surface area contributed by atoms with Gasteiger partial charge in [-0.2, -0.15) is 0 Å². The van der Waals surface area contributed by atoms with E-state index in [1.165, 1.54) is 0 Å². The van der Waals surface area contributed by atoms with E-state index in [-0.39, 0.29) is 17.2 Å². The van der Waals surface area contributed by atoms with E-state index in [0.29, 0.717) is 12.9 Å². The van der Waals surface area contributed by atoms with Crippen molar-refractivity contribution in [2.75, 3.05) is 6.61 Å². The number of pyridine rings is 1. The molecule has 0 unspecified atom stereocenters. The van der Waals surface area contributed by atoms with Crippen LogP contribution >= 0.6 is 0 Å². The third-order valence-electron chi connectivity index (χ3n) is 3.41. The molecule has 0 spiro atoms. The predicted molar refractivity (Wildman–Crippen MR) is 87.7 cm³/mol. The first-order valence-corrected chi connectivity index (χ1v) is 7.53. The van der Waals surface area contributed by atoms with Gasteiger partial charge in [-0.15, -0.1) is 0 Å². The molecule has 0 saturated heterocycles. The second-order valence-corrected chi connectivity index (χ2v) is 5.41. The molecule has 0 saturated carbocycles. The largest absolute Gasteiger partial charge is 0.493 e. The van der Waals surface area contributed by atoms with Crippen molar-refractivity contribution in [3.05, 3.63) is 52.3 Å². The molecule has 0 bridgehead atoms. The highest BCUT2D eigenvalue weighted by atomic mass is 16.5. The van der Waals surface area contributed by atoms with Gasteiger partial charge in [-0.25, -0.2) is 0 Å². The Morgan fingerprint density at radius 1 is 1.18 bits per heavy atom. The van der Waals surface area contributed by atoms with Crippen molar-refractivity contribution in [2.24, 2.45) is 0 Å². The zero-order chi connectivity index (χ0) is 16.1. The summed E-state index contributed by atoms with van der Waals surface area (Å²) in [5, 5.41) is 0. The third-order valence-corrected chi connectivity index (χ3v) is 3.41. The van der Waals surface area contributed by atoms with Crippen LogP contribution in [0, 0.1) is 0 Å². The molecule has 2 aromatic rings. The van der Waals surface area contributed by atoms with Crippen molar-refractivity contribution >= 4 is 6.29 Å². The molecule has 1 aromatic heterocycles. The lowest BCUT2D eigenvalue weighted by Crippen LogP contribution is -2.26. The number of aldehydes is 1. The molecule has 0 radical (unpaired) electrons. The van der Waals surface area contributed by atoms with Gasteiger partial charge in [0.2, 0.25) is 0 Å². The van der Waals surface area contributed by atoms with Crippen LogP contribution in [-0.2, 0) is 0 Å². The standard InChI is InChI=1S/C18H21NO3/c1-4-11-22-17-8-6-5-7-15(17)16-10-9-14(12-20)18(21)19(16)13(2)3/h5-10,12-13H,4,11H2,1-3H3. The van der Waals surface area contributed by atoms with Crippen molar-refractivity contribution in [1.29, 1.82) is 0 Å². The molecule has 1 aromatic carbocycles. The second-order valence-electron chi connectivity index (χ2n) is 5.41. The quantitative estimate of drug-likeness (QED) is 0.764. The minimum absolute atomic E-state index is 0.0540. The summed E-state index contributed by atoms with van der Waals surface area (Å²) >= 11 is 0. The highest BCUT2D eigenvalue weighted by molar-refractivity contribution is 5.76. The van der Waals surface area contributed by atoms with E-state index in [1.807, 2.05) is 45.0 Å². The van der Waals surface area contributed by atoms with Crippen LogP contribution in [0.1, 0.15) is 43.6 Å². The van der Waals surface area contributed by atoms with Crippen molar-refractivity contribution in [2.45, 2.75) is 33.2 Å². The summed E-state index contributed by atoms with van der Waals surface area (Å²) in [4.78, 5) is 23.5. The van der Waals surface area contributed by atoms with Crippen LogP contribution in [0.25, 0.3) is 11.3 Å². The number of hydrogen-bond acceptors (Lipinski definition) is 3. The van der Waals surface area contributed by atoms with Crippen molar-refractivity contribution in [3.63, 3.8) is 0 Å². The molecular formula is C18H21NO3. The number of benzene rings is 1. The number of nitrogens with zero attached hydrogens (tertiary/aromatic N) is 1. The molecule has 0 amide bonds. The van der Waals surface area contributed by atoms with Crippen LogP contribution in [0.15, 0.2) is 41.2 Å². The smallest absolute Gasteiger partial charge is 0.261 e. The summed E-state index contributed by atoms with van der Waals surface area (Å²) in [7, 11) is 0. The van der Waals surface area contributed by atoms with E-state index < -0.39 is 0 Å². The molecule has 0 aliphatic carbocycles. The Balaban J connectivity index is 2.65. The fraction of sp³-hybridized carbons (Fsp3) is 0.333. The Hall–Kier alpha value is -2.36. The van der Waals surface area contributed by atoms with Crippen LogP contribution < -0.4 is 10.3 Å². The molecule has 4 nitrogen and oxygen atoms in total. The first kappa shape index (κ1) is 16.0. The van der Waals surface area contributed by atoms with Gasteiger partial charge < -0.3 is 9.30 Å². The zero-order valence-electron chi connectivity index (χ0n) is 13.2. The number of para-hydroxylation sites is 1. The van der Waals surface area contributed by atoms with Crippen LogP contribution in [0.2, 0.25) is 0 Å². The molecule has 116 valence electrons. The summed E-state index contributed by atoms with van der Waals surface area (Å²) in [5.41, 5.74) is 1.52. The maximum Gasteiger partial charge on any atom is 0.261 e. The van der Waals surface area contributed by atoms with E-state index >= 15 is 0 Å². The minimum atomic E-state index is -0.271. The van der Waals surface area contributed by atoms with Gasteiger partial charge in [0, 0.05) is 11.6 Å². The number of rotatable bonds is 6. The fourth-order valence-corrected chi connectivity index (χ4v) is 2.41. The maximum atomic E-state index is 12.5. The highest BCUT2D eigenvalue weighted by Crippen LogP contribution is 2.30. The average Bonchev–Trinajstić information content (AvgIpc) is 2.52. The van der Waals surface area contributed by atoms with Crippen molar-refractivity contribution < 1.29 is 9.53 Å². The van der Waals surface area contributed by atoms with Crippen LogP contribution in [0.4, 0.5) is 0 Å². The number of carbonyl (C=O) groups excluding carboxylic acids is 1. The van der Waals surface area contributed by atoms with E-state index in [9.17, 15) is 9.59 Å².